The maximum atomic E-state index is 4.98. The van der Waals surface area contributed by atoms with E-state index in [0.29, 0.717) is 11.8 Å². The first-order valence-corrected chi connectivity index (χ1v) is 5.31. The summed E-state index contributed by atoms with van der Waals surface area (Å²) in [5.74, 6) is 0.690. The van der Waals surface area contributed by atoms with Crippen molar-refractivity contribution in [2.24, 2.45) is 0 Å². The quantitative estimate of drug-likeness (QED) is 0.809. The van der Waals surface area contributed by atoms with Crippen LogP contribution in [0.1, 0.15) is 18.2 Å². The molecule has 0 aliphatic carbocycles. The van der Waals surface area contributed by atoms with E-state index in [1.807, 2.05) is 32.2 Å². The van der Waals surface area contributed by atoms with E-state index in [1.54, 1.807) is 24.1 Å². The van der Waals surface area contributed by atoms with E-state index in [4.69, 9.17) is 4.74 Å². The summed E-state index contributed by atoms with van der Waals surface area (Å²) in [6, 6.07) is 2.12. The summed E-state index contributed by atoms with van der Waals surface area (Å²) >= 11 is 0. The van der Waals surface area contributed by atoms with Crippen LogP contribution < -0.4 is 4.74 Å². The molecule has 0 saturated heterocycles. The summed E-state index contributed by atoms with van der Waals surface area (Å²) in [4.78, 5) is 8.18. The van der Waals surface area contributed by atoms with E-state index in [0.717, 1.165) is 11.3 Å². The first kappa shape index (κ1) is 11.3. The first-order chi connectivity index (χ1) is 8.24. The van der Waals surface area contributed by atoms with E-state index < -0.39 is 0 Å². The molecule has 5 nitrogen and oxygen atoms in total. The third-order valence-corrected chi connectivity index (χ3v) is 2.32. The van der Waals surface area contributed by atoms with Crippen LogP contribution >= 0.6 is 0 Å². The highest BCUT2D eigenvalue weighted by atomic mass is 16.5. The summed E-state index contributed by atoms with van der Waals surface area (Å²) in [7, 11) is 1.54. The molecule has 0 bridgehead atoms. The first-order valence-electron chi connectivity index (χ1n) is 5.31. The minimum Gasteiger partial charge on any atom is -0.467 e. The number of allylic oxidation sites excluding steroid dienone is 1. The summed E-state index contributed by atoms with van der Waals surface area (Å²) in [5.41, 5.74) is 2.03. The van der Waals surface area contributed by atoms with Crippen LogP contribution in [-0.2, 0) is 0 Å². The van der Waals surface area contributed by atoms with Crippen molar-refractivity contribution >= 4 is 6.08 Å². The van der Waals surface area contributed by atoms with Gasteiger partial charge in [-0.1, -0.05) is 12.2 Å². The summed E-state index contributed by atoms with van der Waals surface area (Å²) in [5, 5.41) is 4.39. The van der Waals surface area contributed by atoms with Crippen LogP contribution in [0.3, 0.4) is 0 Å². The Bertz CT molecular complexity index is 545. The van der Waals surface area contributed by atoms with E-state index in [9.17, 15) is 0 Å². The van der Waals surface area contributed by atoms with E-state index in [2.05, 4.69) is 15.1 Å². The number of aryl methyl sites for hydroxylation is 1. The smallest absolute Gasteiger partial charge is 0.318 e. The highest BCUT2D eigenvalue weighted by Crippen LogP contribution is 2.12. The lowest BCUT2D eigenvalue weighted by Gasteiger charge is -2.01. The second kappa shape index (κ2) is 4.78. The molecular weight excluding hydrogens is 216 g/mol. The van der Waals surface area contributed by atoms with Crippen LogP contribution in [0.2, 0.25) is 0 Å². The molecule has 2 aromatic heterocycles. The van der Waals surface area contributed by atoms with Crippen LogP contribution in [0.15, 0.2) is 24.5 Å². The Hall–Kier alpha value is -2.17. The van der Waals surface area contributed by atoms with Gasteiger partial charge in [0.25, 0.3) is 0 Å². The van der Waals surface area contributed by atoms with Gasteiger partial charge in [-0.2, -0.15) is 10.1 Å². The average Bonchev–Trinajstić information content (AvgIpc) is 2.72. The Morgan fingerprint density at radius 1 is 1.41 bits per heavy atom. The number of aromatic nitrogens is 4. The molecule has 0 radical (unpaired) electrons. The van der Waals surface area contributed by atoms with Crippen molar-refractivity contribution < 1.29 is 4.74 Å². The molecule has 5 heteroatoms. The number of methoxy groups -OCH3 is 1. The molecule has 0 spiro atoms. The van der Waals surface area contributed by atoms with Crippen molar-refractivity contribution in [2.45, 2.75) is 13.8 Å². The number of ether oxygens (including phenoxy) is 1. The van der Waals surface area contributed by atoms with Gasteiger partial charge >= 0.3 is 6.01 Å². The van der Waals surface area contributed by atoms with Gasteiger partial charge in [-0.05, 0) is 13.8 Å². The van der Waals surface area contributed by atoms with Crippen molar-refractivity contribution in [2.75, 3.05) is 7.11 Å². The molecule has 0 N–H and O–H groups in total. The molecule has 0 fully saturated rings. The lowest BCUT2D eigenvalue weighted by Crippen LogP contribution is -2.01. The van der Waals surface area contributed by atoms with Crippen LogP contribution in [0.4, 0.5) is 0 Å². The molecule has 0 saturated carbocycles. The third-order valence-electron chi connectivity index (χ3n) is 2.32. The molecular formula is C12H14N4O. The molecule has 0 amide bonds. The van der Waals surface area contributed by atoms with Gasteiger partial charge in [-0.15, -0.1) is 0 Å². The standard InChI is InChI=1S/C12H14N4O/c1-4-5-10-8-16(15-9(10)2)11-6-7-13-12(14-11)17-3/h4-8H,1-3H3/b5-4+. The molecule has 0 aliphatic heterocycles. The van der Waals surface area contributed by atoms with E-state index in [1.165, 1.54) is 0 Å². The largest absolute Gasteiger partial charge is 0.467 e. The zero-order valence-corrected chi connectivity index (χ0v) is 10.1. The average molecular weight is 230 g/mol. The topological polar surface area (TPSA) is 52.8 Å². The summed E-state index contributed by atoms with van der Waals surface area (Å²) in [6.45, 7) is 3.94. The number of hydrogen-bond acceptors (Lipinski definition) is 4. The fraction of sp³-hybridized carbons (Fsp3) is 0.250. The van der Waals surface area contributed by atoms with E-state index >= 15 is 0 Å². The molecule has 2 heterocycles. The molecule has 0 aromatic carbocycles. The highest BCUT2D eigenvalue weighted by molar-refractivity contribution is 5.50. The molecule has 17 heavy (non-hydrogen) atoms. The summed E-state index contributed by atoms with van der Waals surface area (Å²) in [6.07, 6.45) is 7.57. The third kappa shape index (κ3) is 2.33. The predicted molar refractivity (Wildman–Crippen MR) is 65.2 cm³/mol. The van der Waals surface area contributed by atoms with Gasteiger partial charge in [0.15, 0.2) is 5.82 Å². The fourth-order valence-electron chi connectivity index (χ4n) is 1.49. The Morgan fingerprint density at radius 3 is 2.94 bits per heavy atom. The van der Waals surface area contributed by atoms with E-state index in [-0.39, 0.29) is 0 Å². The molecule has 0 unspecified atom stereocenters. The van der Waals surface area contributed by atoms with Crippen LogP contribution in [0, 0.1) is 6.92 Å². The number of rotatable bonds is 3. The van der Waals surface area contributed by atoms with Gasteiger partial charge in [0.2, 0.25) is 0 Å². The molecule has 0 atom stereocenters. The van der Waals surface area contributed by atoms with Gasteiger partial charge in [0, 0.05) is 24.0 Å². The number of nitrogens with zero attached hydrogens (tertiary/aromatic N) is 4. The van der Waals surface area contributed by atoms with Crippen LogP contribution in [0.25, 0.3) is 11.9 Å². The minimum absolute atomic E-state index is 0.336. The van der Waals surface area contributed by atoms with Gasteiger partial charge in [-0.3, -0.25) is 0 Å². The van der Waals surface area contributed by atoms with Crippen LogP contribution in [0.5, 0.6) is 6.01 Å². The Balaban J connectivity index is 2.42. The normalized spacial score (nSPS) is 11.0. The Morgan fingerprint density at radius 2 is 2.24 bits per heavy atom. The Kier molecular flexibility index (Phi) is 3.18. The van der Waals surface area contributed by atoms with Crippen molar-refractivity contribution in [3.63, 3.8) is 0 Å². The van der Waals surface area contributed by atoms with Crippen molar-refractivity contribution in [3.05, 3.63) is 35.8 Å². The maximum Gasteiger partial charge on any atom is 0.318 e. The zero-order valence-electron chi connectivity index (χ0n) is 10.1. The second-order valence-electron chi connectivity index (χ2n) is 3.52. The molecule has 0 aliphatic rings. The molecule has 2 aromatic rings. The SMILES string of the molecule is C/C=C/c1cn(-c2ccnc(OC)n2)nc1C. The lowest BCUT2D eigenvalue weighted by molar-refractivity contribution is 0.378. The Labute approximate surface area is 99.8 Å². The maximum absolute atomic E-state index is 4.98. The van der Waals surface area contributed by atoms with Crippen molar-refractivity contribution in [1.82, 2.24) is 19.7 Å². The van der Waals surface area contributed by atoms with Gasteiger partial charge in [0.1, 0.15) is 0 Å². The molecule has 2 rings (SSSR count). The second-order valence-corrected chi connectivity index (χ2v) is 3.52. The highest BCUT2D eigenvalue weighted by Gasteiger charge is 2.06. The molecule has 88 valence electrons. The lowest BCUT2D eigenvalue weighted by atomic mass is 10.2. The summed E-state index contributed by atoms with van der Waals surface area (Å²) < 4.78 is 6.70. The fourth-order valence-corrected chi connectivity index (χ4v) is 1.49. The zero-order chi connectivity index (χ0) is 12.3. The predicted octanol–water partition coefficient (Wildman–Crippen LogP) is 2.01. The van der Waals surface area contributed by atoms with Gasteiger partial charge < -0.3 is 4.74 Å². The minimum atomic E-state index is 0.336. The van der Waals surface area contributed by atoms with Crippen molar-refractivity contribution in [3.8, 4) is 11.8 Å². The monoisotopic (exact) mass is 230 g/mol. The number of hydrogen-bond donors (Lipinski definition) is 0. The van der Waals surface area contributed by atoms with Gasteiger partial charge in [-0.25, -0.2) is 9.67 Å². The van der Waals surface area contributed by atoms with Crippen LogP contribution in [-0.4, -0.2) is 26.9 Å². The van der Waals surface area contributed by atoms with Crippen molar-refractivity contribution in [1.29, 1.82) is 0 Å². The van der Waals surface area contributed by atoms with Gasteiger partial charge in [0.05, 0.1) is 12.8 Å².